The summed E-state index contributed by atoms with van der Waals surface area (Å²) in [6, 6.07) is 19.2. The molecule has 2 unspecified atom stereocenters. The summed E-state index contributed by atoms with van der Waals surface area (Å²) in [5, 5.41) is 14.1. The van der Waals surface area contributed by atoms with E-state index in [9.17, 15) is 5.11 Å². The molecule has 2 bridgehead atoms. The van der Waals surface area contributed by atoms with Crippen LogP contribution in [0.15, 0.2) is 73.1 Å². The van der Waals surface area contributed by atoms with Crippen LogP contribution in [0.5, 0.6) is 0 Å². The molecule has 32 heavy (non-hydrogen) atoms. The van der Waals surface area contributed by atoms with Crippen LogP contribution in [0.2, 0.25) is 0 Å². The van der Waals surface area contributed by atoms with Crippen LogP contribution in [0.1, 0.15) is 43.2 Å². The quantitative estimate of drug-likeness (QED) is 0.499. The van der Waals surface area contributed by atoms with Crippen LogP contribution in [0.3, 0.4) is 0 Å². The van der Waals surface area contributed by atoms with Crippen molar-refractivity contribution in [2.75, 3.05) is 20.1 Å². The molecule has 3 aliphatic rings. The van der Waals surface area contributed by atoms with Crippen molar-refractivity contribution in [3.63, 3.8) is 0 Å². The summed E-state index contributed by atoms with van der Waals surface area (Å²) in [6.45, 7) is 1.99. The fraction of sp³-hybridized carbons (Fsp3) is 0.414. The lowest BCUT2D eigenvalue weighted by molar-refractivity contribution is -0.0574. The molecule has 0 amide bonds. The zero-order valence-corrected chi connectivity index (χ0v) is 19.1. The van der Waals surface area contributed by atoms with Crippen LogP contribution in [-0.4, -0.2) is 40.7 Å². The maximum absolute atomic E-state index is 11.5. The zero-order valence-electron chi connectivity index (χ0n) is 19.1. The fourth-order valence-corrected chi connectivity index (χ4v) is 5.85. The summed E-state index contributed by atoms with van der Waals surface area (Å²) in [4.78, 5) is 6.80. The maximum atomic E-state index is 11.5. The van der Waals surface area contributed by atoms with Gasteiger partial charge in [-0.3, -0.25) is 4.98 Å². The van der Waals surface area contributed by atoms with Gasteiger partial charge in [0.25, 0.3) is 0 Å². The van der Waals surface area contributed by atoms with Crippen molar-refractivity contribution < 1.29 is 5.11 Å². The second-order valence-electron chi connectivity index (χ2n) is 9.85. The van der Waals surface area contributed by atoms with Gasteiger partial charge in [-0.25, -0.2) is 0 Å². The van der Waals surface area contributed by atoms with Crippen LogP contribution in [-0.2, 0) is 6.42 Å². The highest BCUT2D eigenvalue weighted by atomic mass is 16.3. The Morgan fingerprint density at radius 3 is 2.62 bits per heavy atom. The Balaban J connectivity index is 1.15. The van der Waals surface area contributed by atoms with Gasteiger partial charge in [-0.2, -0.15) is 0 Å². The van der Waals surface area contributed by atoms with E-state index in [4.69, 9.17) is 0 Å². The minimum absolute atomic E-state index is 0.290. The Labute approximate surface area is 191 Å². The molecule has 0 spiro atoms. The van der Waals surface area contributed by atoms with Crippen molar-refractivity contribution in [2.45, 2.75) is 44.1 Å². The number of fused-ring (bicyclic) bond motifs is 3. The molecule has 0 aliphatic heterocycles. The lowest BCUT2D eigenvalue weighted by Gasteiger charge is -2.48. The Kier molecular flexibility index (Phi) is 6.12. The molecule has 3 atom stereocenters. The molecular weight excluding hydrogens is 392 g/mol. The fourth-order valence-electron chi connectivity index (χ4n) is 5.85. The monoisotopic (exact) mass is 426 g/mol. The second kappa shape index (κ2) is 9.17. The molecule has 3 heteroatoms. The van der Waals surface area contributed by atoms with Crippen molar-refractivity contribution in [1.29, 1.82) is 0 Å². The van der Waals surface area contributed by atoms with Gasteiger partial charge in [0.2, 0.25) is 0 Å². The van der Waals surface area contributed by atoms with E-state index in [0.29, 0.717) is 5.92 Å². The summed E-state index contributed by atoms with van der Waals surface area (Å²) in [7, 11) is 2.19. The highest BCUT2D eigenvalue weighted by molar-refractivity contribution is 5.84. The first kappa shape index (κ1) is 21.4. The standard InChI is InChI=1S/C29H34N2O/c1-31(16-7-11-25-21-30-20-24-10-5-6-12-27(24)25)17-15-29(32)19-23-13-14-26(29)18-28(23)22-8-3-2-4-9-22/h2-6,8-10,12,18,20-21,23,26,32H,7,11,13-17,19H2,1H3/t23-,26?,29?/m0/s1. The number of aliphatic hydroxyl groups is 1. The van der Waals surface area contributed by atoms with Crippen LogP contribution in [0.25, 0.3) is 16.3 Å². The maximum Gasteiger partial charge on any atom is 0.0728 e. The number of hydrogen-bond acceptors (Lipinski definition) is 3. The summed E-state index contributed by atoms with van der Waals surface area (Å²) < 4.78 is 0. The van der Waals surface area contributed by atoms with Crippen molar-refractivity contribution in [1.82, 2.24) is 9.88 Å². The molecule has 2 aromatic carbocycles. The van der Waals surface area contributed by atoms with Crippen LogP contribution < -0.4 is 0 Å². The highest BCUT2D eigenvalue weighted by Crippen LogP contribution is 2.51. The smallest absolute Gasteiger partial charge is 0.0728 e. The van der Waals surface area contributed by atoms with E-state index in [0.717, 1.165) is 45.2 Å². The van der Waals surface area contributed by atoms with Gasteiger partial charge in [0, 0.05) is 30.2 Å². The molecule has 1 aromatic heterocycles. The van der Waals surface area contributed by atoms with Crippen LogP contribution in [0.4, 0.5) is 0 Å². The molecule has 1 N–H and O–H groups in total. The average Bonchev–Trinajstić information content (AvgIpc) is 2.84. The van der Waals surface area contributed by atoms with Gasteiger partial charge in [-0.05, 0) is 80.1 Å². The largest absolute Gasteiger partial charge is 0.389 e. The third-order valence-electron chi connectivity index (χ3n) is 7.71. The first-order chi connectivity index (χ1) is 15.6. The summed E-state index contributed by atoms with van der Waals surface area (Å²) >= 11 is 0. The average molecular weight is 427 g/mol. The van der Waals surface area contributed by atoms with E-state index in [1.54, 1.807) is 0 Å². The first-order valence-corrected chi connectivity index (χ1v) is 12.1. The number of aromatic nitrogens is 1. The molecule has 0 saturated heterocycles. The third-order valence-corrected chi connectivity index (χ3v) is 7.71. The van der Waals surface area contributed by atoms with Gasteiger partial charge in [0.1, 0.15) is 0 Å². The predicted molar refractivity (Wildman–Crippen MR) is 132 cm³/mol. The van der Waals surface area contributed by atoms with Gasteiger partial charge >= 0.3 is 0 Å². The zero-order chi connectivity index (χ0) is 22.0. The minimum Gasteiger partial charge on any atom is -0.389 e. The van der Waals surface area contributed by atoms with E-state index in [2.05, 4.69) is 77.6 Å². The summed E-state index contributed by atoms with van der Waals surface area (Å²) in [5.41, 5.74) is 3.58. The molecule has 3 aliphatic carbocycles. The van der Waals surface area contributed by atoms with Crippen molar-refractivity contribution in [2.24, 2.45) is 11.8 Å². The number of nitrogens with zero attached hydrogens (tertiary/aromatic N) is 2. The normalized spacial score (nSPS) is 24.8. The Hall–Kier alpha value is -2.49. The molecule has 166 valence electrons. The van der Waals surface area contributed by atoms with E-state index in [1.165, 1.54) is 33.9 Å². The number of allylic oxidation sites excluding steroid dienone is 1. The number of pyridine rings is 1. The van der Waals surface area contributed by atoms with Gasteiger partial charge < -0.3 is 10.0 Å². The Morgan fingerprint density at radius 2 is 1.81 bits per heavy atom. The van der Waals surface area contributed by atoms with E-state index >= 15 is 0 Å². The lowest BCUT2D eigenvalue weighted by Crippen LogP contribution is -2.48. The van der Waals surface area contributed by atoms with Gasteiger partial charge in [-0.1, -0.05) is 60.7 Å². The van der Waals surface area contributed by atoms with Crippen LogP contribution >= 0.6 is 0 Å². The number of rotatable bonds is 8. The Bertz CT molecular complexity index is 1090. The number of aryl methyl sites for hydroxylation is 1. The third kappa shape index (κ3) is 4.37. The molecule has 0 radical (unpaired) electrons. The number of benzene rings is 2. The van der Waals surface area contributed by atoms with Crippen molar-refractivity contribution in [3.05, 3.63) is 84.2 Å². The first-order valence-electron chi connectivity index (χ1n) is 12.1. The van der Waals surface area contributed by atoms with Crippen molar-refractivity contribution >= 4 is 16.3 Å². The Morgan fingerprint density at radius 1 is 1.00 bits per heavy atom. The highest BCUT2D eigenvalue weighted by Gasteiger charge is 2.46. The molecular formula is C29H34N2O. The molecule has 1 saturated carbocycles. The van der Waals surface area contributed by atoms with Gasteiger partial charge in [0.05, 0.1) is 5.60 Å². The molecule has 1 fully saturated rings. The molecule has 1 heterocycles. The van der Waals surface area contributed by atoms with Crippen molar-refractivity contribution in [3.8, 4) is 0 Å². The van der Waals surface area contributed by atoms with E-state index in [1.807, 2.05) is 12.4 Å². The topological polar surface area (TPSA) is 36.4 Å². The summed E-state index contributed by atoms with van der Waals surface area (Å²) in [5.74, 6) is 0.787. The lowest BCUT2D eigenvalue weighted by atomic mass is 9.61. The molecule has 6 rings (SSSR count). The SMILES string of the molecule is CN(CCCc1cncc2ccccc12)CCC1(O)C[C@@H]2CCC1C=C2c1ccccc1. The second-order valence-corrected chi connectivity index (χ2v) is 9.85. The van der Waals surface area contributed by atoms with Gasteiger partial charge in [-0.15, -0.1) is 0 Å². The van der Waals surface area contributed by atoms with Gasteiger partial charge in [0.15, 0.2) is 0 Å². The van der Waals surface area contributed by atoms with Crippen LogP contribution in [0, 0.1) is 11.8 Å². The molecule has 3 aromatic rings. The summed E-state index contributed by atoms with van der Waals surface area (Å²) in [6.07, 6.45) is 12.6. The van der Waals surface area contributed by atoms with E-state index in [-0.39, 0.29) is 5.92 Å². The molecule has 3 nitrogen and oxygen atoms in total. The predicted octanol–water partition coefficient (Wildman–Crippen LogP) is 5.73. The van der Waals surface area contributed by atoms with E-state index < -0.39 is 5.60 Å². The number of hydrogen-bond donors (Lipinski definition) is 1. The minimum atomic E-state index is -0.547.